The molecule has 2 aromatic rings. The van der Waals surface area contributed by atoms with E-state index in [-0.39, 0.29) is 0 Å². The minimum atomic E-state index is 0.722. The van der Waals surface area contributed by atoms with Crippen LogP contribution in [0.4, 0.5) is 0 Å². The molecular weight excluding hydrogens is 178 g/mol. The molecule has 0 aliphatic rings. The normalized spacial score (nSPS) is 10.4. The first-order chi connectivity index (χ1) is 6.90. The Morgan fingerprint density at radius 2 is 2.29 bits per heavy atom. The van der Waals surface area contributed by atoms with Gasteiger partial charge in [-0.05, 0) is 19.2 Å². The molecule has 0 atom stereocenters. The first kappa shape index (κ1) is 8.90. The highest BCUT2D eigenvalue weighted by Gasteiger charge is 2.04. The summed E-state index contributed by atoms with van der Waals surface area (Å²) in [5, 5.41) is 3.02. The fraction of sp³-hybridized carbons (Fsp3) is 0.200. The van der Waals surface area contributed by atoms with Crippen LogP contribution < -0.4 is 5.32 Å². The molecule has 72 valence electrons. The molecule has 4 nitrogen and oxygen atoms in total. The lowest BCUT2D eigenvalue weighted by Gasteiger charge is -1.95. The summed E-state index contributed by atoms with van der Waals surface area (Å²) in [6, 6.07) is 3.83. The van der Waals surface area contributed by atoms with Crippen molar-refractivity contribution in [3.05, 3.63) is 36.5 Å². The van der Waals surface area contributed by atoms with E-state index >= 15 is 0 Å². The number of hydrogen-bond donors (Lipinski definition) is 1. The fourth-order valence-electron chi connectivity index (χ4n) is 1.21. The monoisotopic (exact) mass is 189 g/mol. The first-order valence-electron chi connectivity index (χ1n) is 4.40. The van der Waals surface area contributed by atoms with Gasteiger partial charge < -0.3 is 9.73 Å². The minimum absolute atomic E-state index is 0.722. The van der Waals surface area contributed by atoms with Crippen molar-refractivity contribution in [1.29, 1.82) is 0 Å². The average molecular weight is 189 g/mol. The van der Waals surface area contributed by atoms with Crippen LogP contribution in [0.25, 0.3) is 11.5 Å². The third kappa shape index (κ3) is 1.80. The number of furan rings is 1. The first-order valence-corrected chi connectivity index (χ1v) is 4.40. The quantitative estimate of drug-likeness (QED) is 0.794. The Labute approximate surface area is 82.0 Å². The summed E-state index contributed by atoms with van der Waals surface area (Å²) in [5.41, 5.74) is 0.759. The average Bonchev–Trinajstić information content (AvgIpc) is 2.68. The van der Waals surface area contributed by atoms with Crippen LogP contribution in [-0.2, 0) is 6.54 Å². The summed E-state index contributed by atoms with van der Waals surface area (Å²) in [6.45, 7) is 0.722. The highest BCUT2D eigenvalue weighted by Crippen LogP contribution is 2.18. The number of aromatic nitrogens is 2. The van der Waals surface area contributed by atoms with E-state index in [2.05, 4.69) is 15.3 Å². The zero-order valence-electron chi connectivity index (χ0n) is 7.90. The van der Waals surface area contributed by atoms with Crippen LogP contribution in [0.3, 0.4) is 0 Å². The number of nitrogens with zero attached hydrogens (tertiary/aromatic N) is 2. The third-order valence-corrected chi connectivity index (χ3v) is 1.83. The van der Waals surface area contributed by atoms with Gasteiger partial charge in [-0.2, -0.15) is 0 Å². The summed E-state index contributed by atoms with van der Waals surface area (Å²) >= 11 is 0. The molecule has 0 fully saturated rings. The van der Waals surface area contributed by atoms with Crippen LogP contribution >= 0.6 is 0 Å². The predicted molar refractivity (Wildman–Crippen MR) is 52.5 cm³/mol. The zero-order chi connectivity index (χ0) is 9.80. The second-order valence-electron chi connectivity index (χ2n) is 2.89. The molecule has 0 aliphatic heterocycles. The van der Waals surface area contributed by atoms with E-state index in [0.717, 1.165) is 23.8 Å². The van der Waals surface area contributed by atoms with Gasteiger partial charge in [-0.15, -0.1) is 0 Å². The molecule has 0 bridgehead atoms. The maximum Gasteiger partial charge on any atom is 0.154 e. The van der Waals surface area contributed by atoms with E-state index in [4.69, 9.17) is 4.42 Å². The Morgan fingerprint density at radius 1 is 1.36 bits per heavy atom. The molecule has 0 saturated heterocycles. The van der Waals surface area contributed by atoms with Crippen molar-refractivity contribution in [2.75, 3.05) is 7.05 Å². The van der Waals surface area contributed by atoms with Crippen LogP contribution in [-0.4, -0.2) is 17.0 Å². The van der Waals surface area contributed by atoms with Crippen molar-refractivity contribution < 1.29 is 4.42 Å². The Kier molecular flexibility index (Phi) is 2.55. The van der Waals surface area contributed by atoms with E-state index < -0.39 is 0 Å². The van der Waals surface area contributed by atoms with Gasteiger partial charge in [0.1, 0.15) is 11.5 Å². The summed E-state index contributed by atoms with van der Waals surface area (Å²) in [6.07, 6.45) is 4.97. The highest BCUT2D eigenvalue weighted by atomic mass is 16.3. The lowest BCUT2D eigenvalue weighted by atomic mass is 10.3. The van der Waals surface area contributed by atoms with E-state index in [9.17, 15) is 0 Å². The smallest absolute Gasteiger partial charge is 0.154 e. The summed E-state index contributed by atoms with van der Waals surface area (Å²) in [5.74, 6) is 1.65. The van der Waals surface area contributed by atoms with Gasteiger partial charge in [-0.25, -0.2) is 4.98 Å². The molecule has 14 heavy (non-hydrogen) atoms. The van der Waals surface area contributed by atoms with Gasteiger partial charge >= 0.3 is 0 Å². The van der Waals surface area contributed by atoms with E-state index in [0.29, 0.717) is 0 Å². The molecule has 2 rings (SSSR count). The van der Waals surface area contributed by atoms with Crippen LogP contribution in [0, 0.1) is 0 Å². The molecule has 0 spiro atoms. The Hall–Kier alpha value is -1.68. The van der Waals surface area contributed by atoms with E-state index in [1.807, 2.05) is 19.2 Å². The van der Waals surface area contributed by atoms with Crippen molar-refractivity contribution in [2.24, 2.45) is 0 Å². The van der Waals surface area contributed by atoms with Crippen LogP contribution in [0.2, 0.25) is 0 Å². The summed E-state index contributed by atoms with van der Waals surface area (Å²) < 4.78 is 5.55. The van der Waals surface area contributed by atoms with E-state index in [1.165, 1.54) is 0 Å². The topological polar surface area (TPSA) is 51.0 Å². The maximum atomic E-state index is 5.55. The van der Waals surface area contributed by atoms with Crippen LogP contribution in [0.15, 0.2) is 35.1 Å². The predicted octanol–water partition coefficient (Wildman–Crippen LogP) is 1.46. The van der Waals surface area contributed by atoms with Crippen molar-refractivity contribution in [2.45, 2.75) is 6.54 Å². The second kappa shape index (κ2) is 4.02. The summed E-state index contributed by atoms with van der Waals surface area (Å²) in [4.78, 5) is 8.12. The summed E-state index contributed by atoms with van der Waals surface area (Å²) in [7, 11) is 1.88. The Balaban J connectivity index is 2.25. The lowest BCUT2D eigenvalue weighted by Crippen LogP contribution is -2.03. The third-order valence-electron chi connectivity index (χ3n) is 1.83. The molecule has 1 N–H and O–H groups in total. The van der Waals surface area contributed by atoms with Crippen LogP contribution in [0.1, 0.15) is 5.76 Å². The largest absolute Gasteiger partial charge is 0.458 e. The minimum Gasteiger partial charge on any atom is -0.458 e. The van der Waals surface area contributed by atoms with Gasteiger partial charge in [-0.1, -0.05) is 0 Å². The second-order valence-corrected chi connectivity index (χ2v) is 2.89. The molecule has 0 aromatic carbocycles. The molecule has 0 unspecified atom stereocenters. The fourth-order valence-corrected chi connectivity index (χ4v) is 1.21. The maximum absolute atomic E-state index is 5.55. The molecule has 0 saturated carbocycles. The Morgan fingerprint density at radius 3 is 3.00 bits per heavy atom. The van der Waals surface area contributed by atoms with Crippen molar-refractivity contribution >= 4 is 0 Å². The molecule has 0 amide bonds. The van der Waals surface area contributed by atoms with Gasteiger partial charge in [0.05, 0.1) is 12.7 Å². The van der Waals surface area contributed by atoms with Gasteiger partial charge in [0.2, 0.25) is 0 Å². The van der Waals surface area contributed by atoms with Crippen LogP contribution in [0.5, 0.6) is 0 Å². The molecule has 4 heteroatoms. The highest BCUT2D eigenvalue weighted by molar-refractivity contribution is 5.50. The standard InChI is InChI=1S/C10H11N3O/c1-11-6-8-2-3-10(14-8)9-7-12-4-5-13-9/h2-5,7,11H,6H2,1H3. The molecule has 0 radical (unpaired) electrons. The SMILES string of the molecule is CNCc1ccc(-c2cnccn2)o1. The number of hydrogen-bond acceptors (Lipinski definition) is 4. The number of nitrogens with one attached hydrogen (secondary N) is 1. The molecule has 2 heterocycles. The van der Waals surface area contributed by atoms with Gasteiger partial charge in [-0.3, -0.25) is 4.98 Å². The van der Waals surface area contributed by atoms with Crippen molar-refractivity contribution in [1.82, 2.24) is 15.3 Å². The van der Waals surface area contributed by atoms with E-state index in [1.54, 1.807) is 18.6 Å². The molecular formula is C10H11N3O. The van der Waals surface area contributed by atoms with Crippen molar-refractivity contribution in [3.63, 3.8) is 0 Å². The van der Waals surface area contributed by atoms with Gasteiger partial charge in [0.15, 0.2) is 5.76 Å². The van der Waals surface area contributed by atoms with Gasteiger partial charge in [0.25, 0.3) is 0 Å². The molecule has 2 aromatic heterocycles. The van der Waals surface area contributed by atoms with Crippen molar-refractivity contribution in [3.8, 4) is 11.5 Å². The van der Waals surface area contributed by atoms with Gasteiger partial charge in [0, 0.05) is 12.4 Å². The Bertz CT molecular complexity index is 397. The molecule has 0 aliphatic carbocycles. The number of rotatable bonds is 3. The zero-order valence-corrected chi connectivity index (χ0v) is 7.90. The lowest BCUT2D eigenvalue weighted by molar-refractivity contribution is 0.505.